The van der Waals surface area contributed by atoms with Crippen LogP contribution in [-0.4, -0.2) is 33.9 Å². The van der Waals surface area contributed by atoms with Gasteiger partial charge in [-0.1, -0.05) is 32.0 Å². The number of hydrogen-bond donors (Lipinski definition) is 1. The van der Waals surface area contributed by atoms with Crippen molar-refractivity contribution in [2.75, 3.05) is 18.4 Å². The fourth-order valence-corrected chi connectivity index (χ4v) is 3.01. The molecule has 3 rings (SSSR count). The van der Waals surface area contributed by atoms with Crippen LogP contribution in [0.15, 0.2) is 54.9 Å². The molecule has 2 heterocycles. The van der Waals surface area contributed by atoms with E-state index in [1.807, 2.05) is 41.3 Å². The standard InChI is InChI=1S/C21H24N4O/c1-3-13-25(14-4-2)21(26)17-10-12-22-19(15-17)24-18-9-5-7-16-8-6-11-23-20(16)18/h5-12,15H,3-4,13-14H2,1-2H3,(H,22,24). The van der Waals surface area contributed by atoms with Crippen LogP contribution in [0.25, 0.3) is 10.9 Å². The van der Waals surface area contributed by atoms with Crippen molar-refractivity contribution in [2.45, 2.75) is 26.7 Å². The molecule has 0 aliphatic carbocycles. The fourth-order valence-electron chi connectivity index (χ4n) is 3.01. The van der Waals surface area contributed by atoms with E-state index in [0.717, 1.165) is 42.5 Å². The molecular formula is C21H24N4O. The normalized spacial score (nSPS) is 10.7. The Balaban J connectivity index is 1.86. The lowest BCUT2D eigenvalue weighted by Gasteiger charge is -2.21. The van der Waals surface area contributed by atoms with Gasteiger partial charge in [-0.25, -0.2) is 4.98 Å². The number of rotatable bonds is 7. The van der Waals surface area contributed by atoms with Crippen LogP contribution in [0.3, 0.4) is 0 Å². The highest BCUT2D eigenvalue weighted by molar-refractivity contribution is 5.96. The first-order valence-corrected chi connectivity index (χ1v) is 9.09. The van der Waals surface area contributed by atoms with Crippen LogP contribution in [-0.2, 0) is 0 Å². The molecule has 0 fully saturated rings. The molecule has 26 heavy (non-hydrogen) atoms. The fraction of sp³-hybridized carbons (Fsp3) is 0.286. The average Bonchev–Trinajstić information content (AvgIpc) is 2.68. The minimum Gasteiger partial charge on any atom is -0.339 e. The van der Waals surface area contributed by atoms with E-state index in [4.69, 9.17) is 0 Å². The molecule has 0 aliphatic heterocycles. The molecule has 5 heteroatoms. The Hall–Kier alpha value is -2.95. The van der Waals surface area contributed by atoms with Crippen molar-refractivity contribution in [3.63, 3.8) is 0 Å². The summed E-state index contributed by atoms with van der Waals surface area (Å²) in [5, 5.41) is 4.36. The number of carbonyl (C=O) groups excluding carboxylic acids is 1. The van der Waals surface area contributed by atoms with Gasteiger partial charge in [0.25, 0.3) is 5.91 Å². The highest BCUT2D eigenvalue weighted by Crippen LogP contribution is 2.24. The summed E-state index contributed by atoms with van der Waals surface area (Å²) in [4.78, 5) is 23.5. The molecule has 134 valence electrons. The number of anilines is 2. The smallest absolute Gasteiger partial charge is 0.254 e. The number of aromatic nitrogens is 2. The zero-order chi connectivity index (χ0) is 18.4. The van der Waals surface area contributed by atoms with E-state index >= 15 is 0 Å². The van der Waals surface area contributed by atoms with Gasteiger partial charge in [0.1, 0.15) is 5.82 Å². The lowest BCUT2D eigenvalue weighted by atomic mass is 10.2. The molecule has 0 saturated carbocycles. The lowest BCUT2D eigenvalue weighted by molar-refractivity contribution is 0.0755. The summed E-state index contributed by atoms with van der Waals surface area (Å²) < 4.78 is 0. The van der Waals surface area contributed by atoms with Gasteiger partial charge in [-0.15, -0.1) is 0 Å². The predicted octanol–water partition coefficient (Wildman–Crippen LogP) is 4.64. The molecule has 0 atom stereocenters. The van der Waals surface area contributed by atoms with E-state index in [9.17, 15) is 4.79 Å². The first kappa shape index (κ1) is 17.9. The van der Waals surface area contributed by atoms with Crippen LogP contribution < -0.4 is 5.32 Å². The molecule has 2 aromatic heterocycles. The van der Waals surface area contributed by atoms with E-state index in [0.29, 0.717) is 11.4 Å². The quantitative estimate of drug-likeness (QED) is 0.676. The van der Waals surface area contributed by atoms with Gasteiger partial charge in [0, 0.05) is 36.4 Å². The second kappa shape index (κ2) is 8.43. The maximum absolute atomic E-state index is 12.8. The molecule has 1 N–H and O–H groups in total. The van der Waals surface area contributed by atoms with Crippen LogP contribution >= 0.6 is 0 Å². The maximum Gasteiger partial charge on any atom is 0.254 e. The number of pyridine rings is 2. The van der Waals surface area contributed by atoms with Crippen molar-refractivity contribution in [1.29, 1.82) is 0 Å². The number of carbonyl (C=O) groups is 1. The maximum atomic E-state index is 12.8. The summed E-state index contributed by atoms with van der Waals surface area (Å²) in [6.07, 6.45) is 5.34. The first-order chi connectivity index (χ1) is 12.7. The van der Waals surface area contributed by atoms with Gasteiger partial charge in [0.05, 0.1) is 11.2 Å². The monoisotopic (exact) mass is 348 g/mol. The SMILES string of the molecule is CCCN(CCC)C(=O)c1ccnc(Nc2cccc3cccnc23)c1. The summed E-state index contributed by atoms with van der Waals surface area (Å²) in [6.45, 7) is 5.71. The molecule has 0 bridgehead atoms. The Labute approximate surface area is 154 Å². The van der Waals surface area contributed by atoms with E-state index in [-0.39, 0.29) is 5.91 Å². The number of amides is 1. The minimum absolute atomic E-state index is 0.0511. The van der Waals surface area contributed by atoms with E-state index in [1.165, 1.54) is 0 Å². The number of nitrogens with one attached hydrogen (secondary N) is 1. The van der Waals surface area contributed by atoms with Gasteiger partial charge in [-0.05, 0) is 37.1 Å². The van der Waals surface area contributed by atoms with Gasteiger partial charge in [-0.2, -0.15) is 0 Å². The van der Waals surface area contributed by atoms with Gasteiger partial charge in [0.15, 0.2) is 0 Å². The van der Waals surface area contributed by atoms with Crippen molar-refractivity contribution in [3.05, 3.63) is 60.4 Å². The van der Waals surface area contributed by atoms with Crippen molar-refractivity contribution >= 4 is 28.3 Å². The van der Waals surface area contributed by atoms with Crippen molar-refractivity contribution in [2.24, 2.45) is 0 Å². The molecule has 0 saturated heterocycles. The number of fused-ring (bicyclic) bond motifs is 1. The largest absolute Gasteiger partial charge is 0.339 e. The Kier molecular flexibility index (Phi) is 5.79. The van der Waals surface area contributed by atoms with Crippen molar-refractivity contribution in [1.82, 2.24) is 14.9 Å². The van der Waals surface area contributed by atoms with Gasteiger partial charge < -0.3 is 10.2 Å². The zero-order valence-corrected chi connectivity index (χ0v) is 15.3. The third-order valence-corrected chi connectivity index (χ3v) is 4.18. The van der Waals surface area contributed by atoms with Crippen LogP contribution in [0, 0.1) is 0 Å². The average molecular weight is 348 g/mol. The Morgan fingerprint density at radius 1 is 1.00 bits per heavy atom. The number of hydrogen-bond acceptors (Lipinski definition) is 4. The van der Waals surface area contributed by atoms with E-state index in [2.05, 4.69) is 29.1 Å². The predicted molar refractivity (Wildman–Crippen MR) is 106 cm³/mol. The first-order valence-electron chi connectivity index (χ1n) is 9.09. The van der Waals surface area contributed by atoms with Gasteiger partial charge in [-0.3, -0.25) is 9.78 Å². The third-order valence-electron chi connectivity index (χ3n) is 4.18. The van der Waals surface area contributed by atoms with E-state index in [1.54, 1.807) is 18.5 Å². The van der Waals surface area contributed by atoms with Crippen LogP contribution in [0.5, 0.6) is 0 Å². The van der Waals surface area contributed by atoms with Gasteiger partial charge >= 0.3 is 0 Å². The summed E-state index contributed by atoms with van der Waals surface area (Å²) in [5.74, 6) is 0.692. The molecule has 1 aromatic carbocycles. The van der Waals surface area contributed by atoms with Crippen LogP contribution in [0.4, 0.5) is 11.5 Å². The van der Waals surface area contributed by atoms with Crippen molar-refractivity contribution < 1.29 is 4.79 Å². The second-order valence-corrected chi connectivity index (χ2v) is 6.23. The molecule has 3 aromatic rings. The summed E-state index contributed by atoms with van der Waals surface area (Å²) >= 11 is 0. The Morgan fingerprint density at radius 3 is 2.54 bits per heavy atom. The number of nitrogens with zero attached hydrogens (tertiary/aromatic N) is 3. The van der Waals surface area contributed by atoms with Crippen LogP contribution in [0.2, 0.25) is 0 Å². The molecule has 5 nitrogen and oxygen atoms in total. The summed E-state index contributed by atoms with van der Waals surface area (Å²) in [6, 6.07) is 13.5. The highest BCUT2D eigenvalue weighted by atomic mass is 16.2. The van der Waals surface area contributed by atoms with Crippen LogP contribution in [0.1, 0.15) is 37.0 Å². The number of para-hydroxylation sites is 1. The Morgan fingerprint density at radius 2 is 1.77 bits per heavy atom. The minimum atomic E-state index is 0.0511. The van der Waals surface area contributed by atoms with Gasteiger partial charge in [0.2, 0.25) is 0 Å². The molecule has 0 radical (unpaired) electrons. The molecular weight excluding hydrogens is 324 g/mol. The topological polar surface area (TPSA) is 58.1 Å². The molecule has 1 amide bonds. The molecule has 0 aliphatic rings. The summed E-state index contributed by atoms with van der Waals surface area (Å²) in [7, 11) is 0. The lowest BCUT2D eigenvalue weighted by Crippen LogP contribution is -2.32. The third kappa shape index (κ3) is 3.99. The number of benzene rings is 1. The zero-order valence-electron chi connectivity index (χ0n) is 15.3. The second-order valence-electron chi connectivity index (χ2n) is 6.23. The van der Waals surface area contributed by atoms with E-state index < -0.39 is 0 Å². The molecule has 0 spiro atoms. The molecule has 0 unspecified atom stereocenters. The highest BCUT2D eigenvalue weighted by Gasteiger charge is 2.15. The van der Waals surface area contributed by atoms with Crippen molar-refractivity contribution in [3.8, 4) is 0 Å². The summed E-state index contributed by atoms with van der Waals surface area (Å²) in [5.41, 5.74) is 2.41. The Bertz CT molecular complexity index is 883.